The Balaban J connectivity index is 1.84. The number of carbonyl (C=O) groups is 1. The van der Waals surface area contributed by atoms with Crippen molar-refractivity contribution in [3.05, 3.63) is 12.4 Å². The summed E-state index contributed by atoms with van der Waals surface area (Å²) < 4.78 is 2.07. The summed E-state index contributed by atoms with van der Waals surface area (Å²) in [6.45, 7) is 7.04. The maximum absolute atomic E-state index is 12.1. The van der Waals surface area contributed by atoms with Crippen LogP contribution in [-0.4, -0.2) is 39.2 Å². The first-order valence-corrected chi connectivity index (χ1v) is 7.61. The summed E-state index contributed by atoms with van der Waals surface area (Å²) in [7, 11) is 0. The summed E-state index contributed by atoms with van der Waals surface area (Å²) in [4.78, 5) is 18.4. The minimum Gasteiger partial charge on any atom is -0.342 e. The minimum atomic E-state index is 0.247. The van der Waals surface area contributed by atoms with Crippen LogP contribution in [0.25, 0.3) is 0 Å². The van der Waals surface area contributed by atoms with E-state index in [1.165, 1.54) is 6.42 Å². The molecule has 0 N–H and O–H groups in total. The van der Waals surface area contributed by atoms with Gasteiger partial charge in [0.2, 0.25) is 5.91 Å². The molecule has 1 amide bonds. The van der Waals surface area contributed by atoms with E-state index in [4.69, 9.17) is 0 Å². The third-order valence-corrected chi connectivity index (χ3v) is 4.34. The number of aromatic nitrogens is 2. The summed E-state index contributed by atoms with van der Waals surface area (Å²) in [5.74, 6) is 1.39. The Kier molecular flexibility index (Phi) is 4.69. The third kappa shape index (κ3) is 3.28. The molecular formula is C13H21N3OS. The average molecular weight is 267 g/mol. The van der Waals surface area contributed by atoms with Crippen molar-refractivity contribution in [1.82, 2.24) is 14.5 Å². The highest BCUT2D eigenvalue weighted by molar-refractivity contribution is 7.99. The Morgan fingerprint density at radius 3 is 3.17 bits per heavy atom. The highest BCUT2D eigenvalue weighted by atomic mass is 32.2. The lowest BCUT2D eigenvalue weighted by molar-refractivity contribution is -0.130. The van der Waals surface area contributed by atoms with E-state index in [1.54, 1.807) is 18.0 Å². The molecule has 2 heterocycles. The van der Waals surface area contributed by atoms with E-state index in [-0.39, 0.29) is 5.91 Å². The molecule has 1 aliphatic rings. The number of hydrogen-bond donors (Lipinski definition) is 0. The van der Waals surface area contributed by atoms with Crippen molar-refractivity contribution in [2.45, 2.75) is 38.4 Å². The fourth-order valence-corrected chi connectivity index (χ4v) is 3.24. The predicted octanol–water partition coefficient (Wildman–Crippen LogP) is 2.25. The number of rotatable bonds is 4. The number of carbonyl (C=O) groups excluding carboxylic acids is 1. The number of piperidine rings is 1. The van der Waals surface area contributed by atoms with Gasteiger partial charge < -0.3 is 9.47 Å². The van der Waals surface area contributed by atoms with Crippen molar-refractivity contribution in [2.75, 3.05) is 18.8 Å². The zero-order valence-electron chi connectivity index (χ0n) is 11.1. The van der Waals surface area contributed by atoms with E-state index in [0.717, 1.165) is 31.2 Å². The molecule has 0 bridgehead atoms. The Bertz CT molecular complexity index is 405. The first-order chi connectivity index (χ1) is 8.70. The Labute approximate surface area is 113 Å². The predicted molar refractivity (Wildman–Crippen MR) is 73.6 cm³/mol. The molecule has 1 saturated heterocycles. The van der Waals surface area contributed by atoms with Crippen LogP contribution < -0.4 is 0 Å². The number of amides is 1. The molecular weight excluding hydrogens is 246 g/mol. The van der Waals surface area contributed by atoms with Gasteiger partial charge in [0.15, 0.2) is 5.16 Å². The maximum Gasteiger partial charge on any atom is 0.233 e. The summed E-state index contributed by atoms with van der Waals surface area (Å²) in [5.41, 5.74) is 0. The molecule has 100 valence electrons. The van der Waals surface area contributed by atoms with Crippen LogP contribution in [0.1, 0.15) is 26.7 Å². The lowest BCUT2D eigenvalue weighted by atomic mass is 10.0. The zero-order chi connectivity index (χ0) is 13.0. The number of thioether (sulfide) groups is 1. The van der Waals surface area contributed by atoms with Gasteiger partial charge in [0.1, 0.15) is 0 Å². The van der Waals surface area contributed by atoms with Crippen LogP contribution >= 0.6 is 11.8 Å². The topological polar surface area (TPSA) is 38.1 Å². The SMILES string of the molecule is CCn1ccnc1SCC(=O)N1CCC[C@H](C)C1. The smallest absolute Gasteiger partial charge is 0.233 e. The summed E-state index contributed by atoms with van der Waals surface area (Å²) >= 11 is 1.54. The summed E-state index contributed by atoms with van der Waals surface area (Å²) in [6.07, 6.45) is 6.13. The Hall–Kier alpha value is -0.970. The van der Waals surface area contributed by atoms with Gasteiger partial charge in [0.05, 0.1) is 5.75 Å². The second-order valence-electron chi connectivity index (χ2n) is 4.87. The van der Waals surface area contributed by atoms with Gasteiger partial charge in [-0.15, -0.1) is 0 Å². The molecule has 1 aromatic rings. The minimum absolute atomic E-state index is 0.247. The first-order valence-electron chi connectivity index (χ1n) is 6.62. The molecule has 1 fully saturated rings. The number of likely N-dealkylation sites (tertiary alicyclic amines) is 1. The van der Waals surface area contributed by atoms with Crippen molar-refractivity contribution >= 4 is 17.7 Å². The number of aryl methyl sites for hydroxylation is 1. The Morgan fingerprint density at radius 1 is 1.61 bits per heavy atom. The number of imidazole rings is 1. The van der Waals surface area contributed by atoms with Gasteiger partial charge in [0.25, 0.3) is 0 Å². The van der Waals surface area contributed by atoms with E-state index < -0.39 is 0 Å². The maximum atomic E-state index is 12.1. The van der Waals surface area contributed by atoms with E-state index in [9.17, 15) is 4.79 Å². The van der Waals surface area contributed by atoms with Gasteiger partial charge >= 0.3 is 0 Å². The van der Waals surface area contributed by atoms with Crippen LogP contribution in [0.5, 0.6) is 0 Å². The van der Waals surface area contributed by atoms with E-state index >= 15 is 0 Å². The lowest BCUT2D eigenvalue weighted by Gasteiger charge is -2.30. The third-order valence-electron chi connectivity index (χ3n) is 3.35. The van der Waals surface area contributed by atoms with Gasteiger partial charge in [-0.1, -0.05) is 18.7 Å². The van der Waals surface area contributed by atoms with Crippen LogP contribution in [-0.2, 0) is 11.3 Å². The van der Waals surface area contributed by atoms with Crippen molar-refractivity contribution in [3.63, 3.8) is 0 Å². The lowest BCUT2D eigenvalue weighted by Crippen LogP contribution is -2.40. The molecule has 1 atom stereocenters. The van der Waals surface area contributed by atoms with Gasteiger partial charge in [-0.25, -0.2) is 4.98 Å². The van der Waals surface area contributed by atoms with Crippen LogP contribution in [0.4, 0.5) is 0 Å². The van der Waals surface area contributed by atoms with E-state index in [1.807, 2.05) is 11.1 Å². The van der Waals surface area contributed by atoms with Crippen molar-refractivity contribution in [2.24, 2.45) is 5.92 Å². The Morgan fingerprint density at radius 2 is 2.44 bits per heavy atom. The molecule has 0 radical (unpaired) electrons. The van der Waals surface area contributed by atoms with Gasteiger partial charge in [-0.05, 0) is 25.7 Å². The number of hydrogen-bond acceptors (Lipinski definition) is 3. The second kappa shape index (κ2) is 6.27. The van der Waals surface area contributed by atoms with Crippen molar-refractivity contribution in [3.8, 4) is 0 Å². The van der Waals surface area contributed by atoms with Crippen LogP contribution in [0.3, 0.4) is 0 Å². The van der Waals surface area contributed by atoms with Crippen LogP contribution in [0.15, 0.2) is 17.6 Å². The standard InChI is InChI=1S/C13H21N3OS/c1-3-15-8-6-14-13(15)18-10-12(17)16-7-4-5-11(2)9-16/h6,8,11H,3-5,7,9-10H2,1-2H3/t11-/m0/s1. The first kappa shape index (κ1) is 13.5. The fourth-order valence-electron chi connectivity index (χ4n) is 2.31. The highest BCUT2D eigenvalue weighted by Gasteiger charge is 2.21. The van der Waals surface area contributed by atoms with Gasteiger partial charge in [-0.3, -0.25) is 4.79 Å². The molecule has 2 rings (SSSR count). The summed E-state index contributed by atoms with van der Waals surface area (Å²) in [5, 5.41) is 0.941. The molecule has 1 aromatic heterocycles. The summed E-state index contributed by atoms with van der Waals surface area (Å²) in [6, 6.07) is 0. The zero-order valence-corrected chi connectivity index (χ0v) is 11.9. The fraction of sp³-hybridized carbons (Fsp3) is 0.692. The normalized spacial score (nSPS) is 20.1. The van der Waals surface area contributed by atoms with Crippen LogP contribution in [0.2, 0.25) is 0 Å². The van der Waals surface area contributed by atoms with E-state index in [2.05, 4.69) is 23.4 Å². The molecule has 5 heteroatoms. The molecule has 0 aromatic carbocycles. The molecule has 18 heavy (non-hydrogen) atoms. The van der Waals surface area contributed by atoms with E-state index in [0.29, 0.717) is 11.7 Å². The molecule has 0 saturated carbocycles. The number of nitrogens with zero attached hydrogens (tertiary/aromatic N) is 3. The van der Waals surface area contributed by atoms with Gasteiger partial charge in [0, 0.05) is 32.0 Å². The average Bonchev–Trinajstić information content (AvgIpc) is 2.83. The molecule has 0 unspecified atom stereocenters. The van der Waals surface area contributed by atoms with Crippen LogP contribution in [0, 0.1) is 5.92 Å². The monoisotopic (exact) mass is 267 g/mol. The molecule has 0 spiro atoms. The quantitative estimate of drug-likeness (QED) is 0.785. The van der Waals surface area contributed by atoms with Crippen molar-refractivity contribution in [1.29, 1.82) is 0 Å². The van der Waals surface area contributed by atoms with Gasteiger partial charge in [-0.2, -0.15) is 0 Å². The highest BCUT2D eigenvalue weighted by Crippen LogP contribution is 2.19. The van der Waals surface area contributed by atoms with Crippen molar-refractivity contribution < 1.29 is 4.79 Å². The second-order valence-corrected chi connectivity index (χ2v) is 5.81. The molecule has 4 nitrogen and oxygen atoms in total. The molecule has 0 aliphatic carbocycles. The molecule has 1 aliphatic heterocycles. The largest absolute Gasteiger partial charge is 0.342 e.